The third-order valence-corrected chi connectivity index (χ3v) is 3.31. The molecule has 1 aromatic carbocycles. The van der Waals surface area contributed by atoms with E-state index in [1.165, 1.54) is 4.90 Å². The van der Waals surface area contributed by atoms with E-state index in [0.29, 0.717) is 5.71 Å². The number of carbonyl (C=O) groups is 1. The minimum absolute atomic E-state index is 0.233. The Morgan fingerprint density at radius 2 is 1.95 bits per heavy atom. The molecule has 0 aliphatic carbocycles. The third kappa shape index (κ3) is 1.98. The Kier molecular flexibility index (Phi) is 3.04. The first-order valence-electron chi connectivity index (χ1n) is 6.29. The molecule has 5 nitrogen and oxygen atoms in total. The van der Waals surface area contributed by atoms with Crippen molar-refractivity contribution in [2.24, 2.45) is 10.7 Å². The zero-order valence-corrected chi connectivity index (χ0v) is 11.0. The lowest BCUT2D eigenvalue weighted by Gasteiger charge is -2.18. The summed E-state index contributed by atoms with van der Waals surface area (Å²) in [4.78, 5) is 22.2. The molecule has 2 aromatic rings. The Labute approximate surface area is 116 Å². The molecule has 1 atom stereocenters. The van der Waals surface area contributed by atoms with E-state index >= 15 is 0 Å². The van der Waals surface area contributed by atoms with Gasteiger partial charge in [0.15, 0.2) is 6.17 Å². The number of likely N-dealkylation sites (N-methyl/N-ethyl adjacent to an activating group) is 1. The van der Waals surface area contributed by atoms with Gasteiger partial charge in [-0.3, -0.25) is 14.8 Å². The van der Waals surface area contributed by atoms with Crippen molar-refractivity contribution in [1.82, 2.24) is 4.98 Å². The van der Waals surface area contributed by atoms with Crippen LogP contribution in [-0.2, 0) is 4.79 Å². The second-order valence-corrected chi connectivity index (χ2v) is 4.58. The number of pyridine rings is 1. The molecule has 0 fully saturated rings. The van der Waals surface area contributed by atoms with Crippen LogP contribution in [0, 0.1) is 0 Å². The molecule has 1 amide bonds. The average Bonchev–Trinajstić information content (AvgIpc) is 2.60. The van der Waals surface area contributed by atoms with Gasteiger partial charge in [-0.05, 0) is 6.07 Å². The SMILES string of the molecule is CN1C(=O)C(N)N=C(c2ccccc2)c2cnccc21. The van der Waals surface area contributed by atoms with Gasteiger partial charge >= 0.3 is 0 Å². The quantitative estimate of drug-likeness (QED) is 0.842. The number of aliphatic imine (C=N–C) groups is 1. The fourth-order valence-electron chi connectivity index (χ4n) is 2.27. The molecular formula is C15H14N4O. The number of nitrogens with zero attached hydrogens (tertiary/aromatic N) is 3. The first kappa shape index (κ1) is 12.5. The Morgan fingerprint density at radius 3 is 2.70 bits per heavy atom. The van der Waals surface area contributed by atoms with Crippen LogP contribution in [0.5, 0.6) is 0 Å². The molecule has 0 saturated heterocycles. The standard InChI is InChI=1S/C15H14N4O/c1-19-12-7-8-17-9-11(12)13(18-14(16)15(19)20)10-5-3-2-4-6-10/h2-9,14H,16H2,1H3. The molecule has 1 aliphatic rings. The molecule has 2 heterocycles. The van der Waals surface area contributed by atoms with E-state index < -0.39 is 6.17 Å². The summed E-state index contributed by atoms with van der Waals surface area (Å²) in [5.74, 6) is -0.233. The lowest BCUT2D eigenvalue weighted by molar-refractivity contribution is -0.119. The molecule has 1 aliphatic heterocycles. The zero-order chi connectivity index (χ0) is 14.1. The monoisotopic (exact) mass is 266 g/mol. The van der Waals surface area contributed by atoms with Gasteiger partial charge in [0.25, 0.3) is 5.91 Å². The molecule has 5 heteroatoms. The first-order valence-corrected chi connectivity index (χ1v) is 6.29. The van der Waals surface area contributed by atoms with Gasteiger partial charge in [0.05, 0.1) is 11.4 Å². The van der Waals surface area contributed by atoms with Crippen molar-refractivity contribution in [3.63, 3.8) is 0 Å². The van der Waals surface area contributed by atoms with Crippen molar-refractivity contribution >= 4 is 17.3 Å². The van der Waals surface area contributed by atoms with Gasteiger partial charge in [0, 0.05) is 30.6 Å². The summed E-state index contributed by atoms with van der Waals surface area (Å²) < 4.78 is 0. The second kappa shape index (κ2) is 4.86. The van der Waals surface area contributed by atoms with E-state index in [1.54, 1.807) is 25.5 Å². The highest BCUT2D eigenvalue weighted by Gasteiger charge is 2.27. The van der Waals surface area contributed by atoms with Crippen LogP contribution in [0.15, 0.2) is 53.8 Å². The molecular weight excluding hydrogens is 252 g/mol. The average molecular weight is 266 g/mol. The van der Waals surface area contributed by atoms with Crippen LogP contribution in [0.4, 0.5) is 5.69 Å². The maximum absolute atomic E-state index is 12.2. The van der Waals surface area contributed by atoms with Gasteiger partial charge in [0.1, 0.15) is 0 Å². The van der Waals surface area contributed by atoms with Gasteiger partial charge in [0.2, 0.25) is 0 Å². The van der Waals surface area contributed by atoms with Crippen LogP contribution >= 0.6 is 0 Å². The number of fused-ring (bicyclic) bond motifs is 1. The van der Waals surface area contributed by atoms with Crippen LogP contribution in [0.3, 0.4) is 0 Å². The molecule has 0 saturated carbocycles. The van der Waals surface area contributed by atoms with E-state index in [2.05, 4.69) is 9.98 Å². The lowest BCUT2D eigenvalue weighted by Crippen LogP contribution is -2.39. The summed E-state index contributed by atoms with van der Waals surface area (Å²) in [5.41, 5.74) is 9.06. The number of nitrogens with two attached hydrogens (primary N) is 1. The summed E-state index contributed by atoms with van der Waals surface area (Å²) in [5, 5.41) is 0. The predicted octanol–water partition coefficient (Wildman–Crippen LogP) is 1.18. The predicted molar refractivity (Wildman–Crippen MR) is 77.7 cm³/mol. The highest BCUT2D eigenvalue weighted by atomic mass is 16.2. The van der Waals surface area contributed by atoms with Crippen LogP contribution in [0.2, 0.25) is 0 Å². The van der Waals surface area contributed by atoms with Crippen LogP contribution < -0.4 is 10.6 Å². The smallest absolute Gasteiger partial charge is 0.266 e. The minimum atomic E-state index is -0.900. The number of aromatic nitrogens is 1. The molecule has 2 N–H and O–H groups in total. The number of hydrogen-bond donors (Lipinski definition) is 1. The first-order chi connectivity index (χ1) is 9.68. The van der Waals surface area contributed by atoms with E-state index in [4.69, 9.17) is 5.73 Å². The van der Waals surface area contributed by atoms with E-state index in [1.807, 2.05) is 30.3 Å². The number of rotatable bonds is 1. The molecule has 1 unspecified atom stereocenters. The zero-order valence-electron chi connectivity index (χ0n) is 11.0. The van der Waals surface area contributed by atoms with Gasteiger partial charge in [-0.2, -0.15) is 0 Å². The number of amides is 1. The summed E-state index contributed by atoms with van der Waals surface area (Å²) in [6, 6.07) is 11.5. The fourth-order valence-corrected chi connectivity index (χ4v) is 2.27. The van der Waals surface area contributed by atoms with Crippen molar-refractivity contribution in [3.05, 3.63) is 59.9 Å². The molecule has 0 spiro atoms. The second-order valence-electron chi connectivity index (χ2n) is 4.58. The normalized spacial score (nSPS) is 18.3. The highest BCUT2D eigenvalue weighted by Crippen LogP contribution is 2.25. The number of hydrogen-bond acceptors (Lipinski definition) is 4. The number of benzene rings is 1. The summed E-state index contributed by atoms with van der Waals surface area (Å²) in [6.45, 7) is 0. The van der Waals surface area contributed by atoms with Gasteiger partial charge in [-0.15, -0.1) is 0 Å². The van der Waals surface area contributed by atoms with Gasteiger partial charge in [-0.1, -0.05) is 30.3 Å². The lowest BCUT2D eigenvalue weighted by atomic mass is 10.0. The molecule has 0 radical (unpaired) electrons. The Hall–Kier alpha value is -2.53. The topological polar surface area (TPSA) is 71.6 Å². The minimum Gasteiger partial charge on any atom is -0.312 e. The van der Waals surface area contributed by atoms with E-state index in [0.717, 1.165) is 16.8 Å². The van der Waals surface area contributed by atoms with Crippen molar-refractivity contribution < 1.29 is 4.79 Å². The van der Waals surface area contributed by atoms with Crippen molar-refractivity contribution in [3.8, 4) is 0 Å². The van der Waals surface area contributed by atoms with Crippen LogP contribution in [-0.4, -0.2) is 29.8 Å². The summed E-state index contributed by atoms with van der Waals surface area (Å²) in [7, 11) is 1.70. The Balaban J connectivity index is 2.24. The molecule has 100 valence electrons. The number of anilines is 1. The van der Waals surface area contributed by atoms with Crippen LogP contribution in [0.25, 0.3) is 0 Å². The molecule has 0 bridgehead atoms. The molecule has 3 rings (SSSR count). The highest BCUT2D eigenvalue weighted by molar-refractivity contribution is 6.19. The van der Waals surface area contributed by atoms with Crippen LogP contribution in [0.1, 0.15) is 11.1 Å². The molecule has 1 aromatic heterocycles. The number of carbonyl (C=O) groups excluding carboxylic acids is 1. The molecule has 20 heavy (non-hydrogen) atoms. The van der Waals surface area contributed by atoms with Gasteiger partial charge < -0.3 is 10.6 Å². The van der Waals surface area contributed by atoms with E-state index in [9.17, 15) is 4.79 Å². The van der Waals surface area contributed by atoms with Crippen molar-refractivity contribution in [2.45, 2.75) is 6.17 Å². The maximum atomic E-state index is 12.2. The van der Waals surface area contributed by atoms with Gasteiger partial charge in [-0.25, -0.2) is 0 Å². The fraction of sp³-hybridized carbons (Fsp3) is 0.133. The summed E-state index contributed by atoms with van der Waals surface area (Å²) in [6.07, 6.45) is 2.47. The Morgan fingerprint density at radius 1 is 1.20 bits per heavy atom. The maximum Gasteiger partial charge on any atom is 0.266 e. The Bertz CT molecular complexity index is 681. The van der Waals surface area contributed by atoms with Crippen molar-refractivity contribution in [2.75, 3.05) is 11.9 Å². The van der Waals surface area contributed by atoms with E-state index in [-0.39, 0.29) is 5.91 Å². The summed E-state index contributed by atoms with van der Waals surface area (Å²) >= 11 is 0. The largest absolute Gasteiger partial charge is 0.312 e. The third-order valence-electron chi connectivity index (χ3n) is 3.31. The van der Waals surface area contributed by atoms with Crippen molar-refractivity contribution in [1.29, 1.82) is 0 Å².